The SMILES string of the molecule is CCC(CC)C(=O)Nc1nnc(-c2ccncc2)s1. The number of carbonyl (C=O) groups excluding carboxylic acids is 1. The average Bonchev–Trinajstić information content (AvgIpc) is 2.89. The molecule has 2 rings (SSSR count). The molecule has 0 aliphatic heterocycles. The molecule has 0 aliphatic rings. The minimum Gasteiger partial charge on any atom is -0.300 e. The first-order valence-corrected chi connectivity index (χ1v) is 7.11. The van der Waals surface area contributed by atoms with Crippen molar-refractivity contribution in [1.82, 2.24) is 15.2 Å². The van der Waals surface area contributed by atoms with Crippen LogP contribution in [0.4, 0.5) is 5.13 Å². The molecule has 0 unspecified atom stereocenters. The van der Waals surface area contributed by atoms with E-state index in [1.807, 2.05) is 26.0 Å². The topological polar surface area (TPSA) is 67.8 Å². The van der Waals surface area contributed by atoms with E-state index in [4.69, 9.17) is 0 Å². The monoisotopic (exact) mass is 276 g/mol. The second-order valence-electron chi connectivity index (χ2n) is 4.15. The van der Waals surface area contributed by atoms with Crippen LogP contribution >= 0.6 is 11.3 Å². The standard InChI is InChI=1S/C13H16N4OS/c1-3-9(4-2)11(18)15-13-17-16-12(19-13)10-5-7-14-8-6-10/h5-9H,3-4H2,1-2H3,(H,15,17,18). The molecule has 0 aromatic carbocycles. The van der Waals surface area contributed by atoms with Crippen molar-refractivity contribution in [2.75, 3.05) is 5.32 Å². The summed E-state index contributed by atoms with van der Waals surface area (Å²) in [4.78, 5) is 15.9. The van der Waals surface area contributed by atoms with Crippen LogP contribution in [0.5, 0.6) is 0 Å². The number of rotatable bonds is 5. The van der Waals surface area contributed by atoms with Crippen LogP contribution in [0.15, 0.2) is 24.5 Å². The highest BCUT2D eigenvalue weighted by atomic mass is 32.1. The summed E-state index contributed by atoms with van der Waals surface area (Å²) < 4.78 is 0. The fraction of sp³-hybridized carbons (Fsp3) is 0.385. The fourth-order valence-corrected chi connectivity index (χ4v) is 2.50. The normalized spacial score (nSPS) is 10.7. The van der Waals surface area contributed by atoms with E-state index in [1.54, 1.807) is 12.4 Å². The van der Waals surface area contributed by atoms with Gasteiger partial charge in [-0.1, -0.05) is 25.2 Å². The van der Waals surface area contributed by atoms with Gasteiger partial charge in [0.1, 0.15) is 5.01 Å². The van der Waals surface area contributed by atoms with E-state index < -0.39 is 0 Å². The highest BCUT2D eigenvalue weighted by molar-refractivity contribution is 7.18. The molecule has 0 saturated heterocycles. The Labute approximate surface area is 116 Å². The van der Waals surface area contributed by atoms with Crippen LogP contribution in [0.2, 0.25) is 0 Å². The lowest BCUT2D eigenvalue weighted by Crippen LogP contribution is -2.21. The summed E-state index contributed by atoms with van der Waals surface area (Å²) in [7, 11) is 0. The molecule has 19 heavy (non-hydrogen) atoms. The average molecular weight is 276 g/mol. The number of nitrogens with zero attached hydrogens (tertiary/aromatic N) is 3. The van der Waals surface area contributed by atoms with E-state index in [0.29, 0.717) is 5.13 Å². The summed E-state index contributed by atoms with van der Waals surface area (Å²) in [6.45, 7) is 4.02. The quantitative estimate of drug-likeness (QED) is 0.911. The van der Waals surface area contributed by atoms with Gasteiger partial charge in [0.05, 0.1) is 0 Å². The van der Waals surface area contributed by atoms with E-state index in [9.17, 15) is 4.79 Å². The van der Waals surface area contributed by atoms with Gasteiger partial charge in [-0.2, -0.15) is 0 Å². The summed E-state index contributed by atoms with van der Waals surface area (Å²) in [6, 6.07) is 3.74. The van der Waals surface area contributed by atoms with Crippen molar-refractivity contribution in [2.45, 2.75) is 26.7 Å². The van der Waals surface area contributed by atoms with Gasteiger partial charge in [0.2, 0.25) is 11.0 Å². The van der Waals surface area contributed by atoms with Gasteiger partial charge in [0, 0.05) is 23.9 Å². The van der Waals surface area contributed by atoms with E-state index in [2.05, 4.69) is 20.5 Å². The molecule has 100 valence electrons. The number of nitrogens with one attached hydrogen (secondary N) is 1. The molecule has 0 spiro atoms. The van der Waals surface area contributed by atoms with Gasteiger partial charge < -0.3 is 5.32 Å². The predicted molar refractivity (Wildman–Crippen MR) is 75.8 cm³/mol. The van der Waals surface area contributed by atoms with Gasteiger partial charge in [-0.15, -0.1) is 10.2 Å². The first-order chi connectivity index (χ1) is 9.24. The van der Waals surface area contributed by atoms with Crippen LogP contribution in [0.1, 0.15) is 26.7 Å². The van der Waals surface area contributed by atoms with Gasteiger partial charge in [-0.05, 0) is 25.0 Å². The molecule has 0 bridgehead atoms. The molecule has 1 N–H and O–H groups in total. The molecular formula is C13H16N4OS. The summed E-state index contributed by atoms with van der Waals surface area (Å²) in [5.74, 6) is 0.0516. The first kappa shape index (κ1) is 13.6. The Kier molecular flexibility index (Phi) is 4.57. The molecular weight excluding hydrogens is 260 g/mol. The minimum absolute atomic E-state index is 0.0161. The third-order valence-corrected chi connectivity index (χ3v) is 3.83. The van der Waals surface area contributed by atoms with Gasteiger partial charge in [-0.25, -0.2) is 0 Å². The largest absolute Gasteiger partial charge is 0.300 e. The number of amides is 1. The molecule has 0 fully saturated rings. The number of hydrogen-bond acceptors (Lipinski definition) is 5. The van der Waals surface area contributed by atoms with Gasteiger partial charge >= 0.3 is 0 Å². The van der Waals surface area contributed by atoms with Crippen LogP contribution in [0.25, 0.3) is 10.6 Å². The van der Waals surface area contributed by atoms with E-state index >= 15 is 0 Å². The molecule has 6 heteroatoms. The zero-order valence-electron chi connectivity index (χ0n) is 11.0. The van der Waals surface area contributed by atoms with Crippen molar-refractivity contribution in [3.05, 3.63) is 24.5 Å². The Morgan fingerprint density at radius 3 is 2.58 bits per heavy atom. The third-order valence-electron chi connectivity index (χ3n) is 2.94. The second-order valence-corrected chi connectivity index (χ2v) is 5.13. The zero-order valence-corrected chi connectivity index (χ0v) is 11.8. The van der Waals surface area contributed by atoms with Crippen molar-refractivity contribution in [3.8, 4) is 10.6 Å². The smallest absolute Gasteiger partial charge is 0.229 e. The molecule has 2 aromatic heterocycles. The van der Waals surface area contributed by atoms with Crippen molar-refractivity contribution in [1.29, 1.82) is 0 Å². The Hall–Kier alpha value is -1.82. The fourth-order valence-electron chi connectivity index (χ4n) is 1.75. The highest BCUT2D eigenvalue weighted by Crippen LogP contribution is 2.26. The minimum atomic E-state index is 0.0161. The lowest BCUT2D eigenvalue weighted by atomic mass is 10.0. The van der Waals surface area contributed by atoms with Crippen LogP contribution in [-0.4, -0.2) is 21.1 Å². The number of aromatic nitrogens is 3. The van der Waals surface area contributed by atoms with Gasteiger partial charge in [-0.3, -0.25) is 9.78 Å². The van der Waals surface area contributed by atoms with Crippen molar-refractivity contribution in [2.24, 2.45) is 5.92 Å². The molecule has 0 aliphatic carbocycles. The Morgan fingerprint density at radius 1 is 1.26 bits per heavy atom. The molecule has 0 saturated carbocycles. The lowest BCUT2D eigenvalue weighted by molar-refractivity contribution is -0.120. The molecule has 2 aromatic rings. The van der Waals surface area contributed by atoms with Crippen LogP contribution < -0.4 is 5.32 Å². The van der Waals surface area contributed by atoms with Gasteiger partial charge in [0.25, 0.3) is 0 Å². The van der Waals surface area contributed by atoms with E-state index in [0.717, 1.165) is 23.4 Å². The lowest BCUT2D eigenvalue weighted by Gasteiger charge is -2.09. The van der Waals surface area contributed by atoms with E-state index in [1.165, 1.54) is 11.3 Å². The maximum absolute atomic E-state index is 11.9. The van der Waals surface area contributed by atoms with E-state index in [-0.39, 0.29) is 11.8 Å². The molecule has 0 radical (unpaired) electrons. The molecule has 2 heterocycles. The highest BCUT2D eigenvalue weighted by Gasteiger charge is 2.16. The Bertz CT molecular complexity index is 537. The van der Waals surface area contributed by atoms with Crippen molar-refractivity contribution < 1.29 is 4.79 Å². The number of carbonyl (C=O) groups is 1. The van der Waals surface area contributed by atoms with Gasteiger partial charge in [0.15, 0.2) is 0 Å². The summed E-state index contributed by atoms with van der Waals surface area (Å²) in [6.07, 6.45) is 5.08. The number of pyridine rings is 1. The van der Waals surface area contributed by atoms with Crippen LogP contribution in [0, 0.1) is 5.92 Å². The maximum Gasteiger partial charge on any atom is 0.229 e. The second kappa shape index (κ2) is 6.38. The summed E-state index contributed by atoms with van der Waals surface area (Å²) in [5, 5.41) is 12.2. The first-order valence-electron chi connectivity index (χ1n) is 6.29. The third kappa shape index (κ3) is 3.35. The number of hydrogen-bond donors (Lipinski definition) is 1. The van der Waals surface area contributed by atoms with Crippen LogP contribution in [-0.2, 0) is 4.79 Å². The molecule has 1 amide bonds. The van der Waals surface area contributed by atoms with Crippen LogP contribution in [0.3, 0.4) is 0 Å². The molecule has 5 nitrogen and oxygen atoms in total. The van der Waals surface area contributed by atoms with Crippen molar-refractivity contribution in [3.63, 3.8) is 0 Å². The predicted octanol–water partition coefficient (Wildman–Crippen LogP) is 2.97. The van der Waals surface area contributed by atoms with Crippen molar-refractivity contribution >= 4 is 22.4 Å². The summed E-state index contributed by atoms with van der Waals surface area (Å²) >= 11 is 1.37. The molecule has 0 atom stereocenters. The number of anilines is 1. The Balaban J connectivity index is 2.08. The summed E-state index contributed by atoms with van der Waals surface area (Å²) in [5.41, 5.74) is 0.954. The zero-order chi connectivity index (χ0) is 13.7. The maximum atomic E-state index is 11.9. The Morgan fingerprint density at radius 2 is 1.95 bits per heavy atom.